The number of rotatable bonds is 4. The average Bonchev–Trinajstić information content (AvgIpc) is 3.18. The van der Waals surface area contributed by atoms with Crippen molar-refractivity contribution in [1.82, 2.24) is 15.1 Å². The summed E-state index contributed by atoms with van der Waals surface area (Å²) in [4.78, 5) is 26.4. The lowest BCUT2D eigenvalue weighted by Crippen LogP contribution is -2.55. The molecule has 0 aromatic carbocycles. The Morgan fingerprint density at radius 1 is 1.32 bits per heavy atom. The molecule has 3 rings (SSSR count). The van der Waals surface area contributed by atoms with Crippen molar-refractivity contribution in [2.45, 2.75) is 65.1 Å². The quantitative estimate of drug-likeness (QED) is 0.759. The second kappa shape index (κ2) is 7.00. The van der Waals surface area contributed by atoms with Gasteiger partial charge in [0, 0.05) is 28.2 Å². The third kappa shape index (κ3) is 3.71. The van der Waals surface area contributed by atoms with Gasteiger partial charge in [-0.05, 0) is 59.6 Å². The zero-order chi connectivity index (χ0) is 20.9. The highest BCUT2D eigenvalue weighted by Gasteiger charge is 2.42. The van der Waals surface area contributed by atoms with E-state index in [2.05, 4.69) is 43.4 Å². The summed E-state index contributed by atoms with van der Waals surface area (Å²) >= 11 is 1.42. The van der Waals surface area contributed by atoms with Crippen LogP contribution in [0.25, 0.3) is 0 Å². The van der Waals surface area contributed by atoms with Crippen molar-refractivity contribution < 1.29 is 14.3 Å². The molecule has 2 aromatic heterocycles. The van der Waals surface area contributed by atoms with Gasteiger partial charge in [0.25, 0.3) is 5.91 Å². The van der Waals surface area contributed by atoms with Gasteiger partial charge in [0.2, 0.25) is 0 Å². The minimum atomic E-state index is -0.436. The zero-order valence-corrected chi connectivity index (χ0v) is 18.3. The number of carbonyl (C=O) groups is 2. The van der Waals surface area contributed by atoms with E-state index in [4.69, 9.17) is 4.74 Å². The van der Waals surface area contributed by atoms with E-state index in [1.807, 2.05) is 13.8 Å². The van der Waals surface area contributed by atoms with E-state index < -0.39 is 5.97 Å². The largest absolute Gasteiger partial charge is 0.465 e. The molecule has 7 nitrogen and oxygen atoms in total. The van der Waals surface area contributed by atoms with Crippen molar-refractivity contribution in [3.63, 3.8) is 0 Å². The van der Waals surface area contributed by atoms with Crippen LogP contribution in [0.4, 0.5) is 5.00 Å². The molecule has 0 atom stereocenters. The molecule has 3 heterocycles. The number of esters is 1. The molecule has 0 bridgehead atoms. The van der Waals surface area contributed by atoms with Crippen LogP contribution in [0.5, 0.6) is 0 Å². The van der Waals surface area contributed by atoms with Gasteiger partial charge in [0.1, 0.15) is 5.00 Å². The predicted octanol–water partition coefficient (Wildman–Crippen LogP) is 3.72. The first kappa shape index (κ1) is 20.5. The molecular formula is C20H28N4O3S. The minimum absolute atomic E-state index is 0.162. The SMILES string of the molecule is COC(=O)c1c(NC(=O)c2ccn(C(C)C)n2)sc2c1CC(C)(C)NC2(C)C. The van der Waals surface area contributed by atoms with Crippen molar-refractivity contribution in [3.05, 3.63) is 34.0 Å². The number of fused-ring (bicyclic) bond motifs is 1. The number of anilines is 1. The summed E-state index contributed by atoms with van der Waals surface area (Å²) in [6.45, 7) is 12.4. The number of thiophene rings is 1. The summed E-state index contributed by atoms with van der Waals surface area (Å²) in [5, 5.41) is 11.3. The van der Waals surface area contributed by atoms with Crippen LogP contribution in [-0.4, -0.2) is 34.3 Å². The van der Waals surface area contributed by atoms with Gasteiger partial charge in [-0.15, -0.1) is 11.3 Å². The first-order valence-electron chi connectivity index (χ1n) is 9.35. The number of hydrogen-bond acceptors (Lipinski definition) is 6. The average molecular weight is 405 g/mol. The summed E-state index contributed by atoms with van der Waals surface area (Å²) in [5.74, 6) is -0.776. The molecule has 0 saturated carbocycles. The Bertz CT molecular complexity index is 924. The topological polar surface area (TPSA) is 85.2 Å². The van der Waals surface area contributed by atoms with Crippen LogP contribution in [-0.2, 0) is 16.7 Å². The second-order valence-electron chi connectivity index (χ2n) is 8.64. The normalized spacial score (nSPS) is 17.3. The van der Waals surface area contributed by atoms with E-state index in [0.29, 0.717) is 22.7 Å². The van der Waals surface area contributed by atoms with E-state index >= 15 is 0 Å². The van der Waals surface area contributed by atoms with Crippen molar-refractivity contribution >= 4 is 28.2 Å². The second-order valence-corrected chi connectivity index (χ2v) is 9.67. The summed E-state index contributed by atoms with van der Waals surface area (Å²) in [7, 11) is 1.36. The van der Waals surface area contributed by atoms with E-state index in [1.54, 1.807) is 16.9 Å². The monoisotopic (exact) mass is 404 g/mol. The molecule has 2 aromatic rings. The molecule has 0 spiro atoms. The zero-order valence-electron chi connectivity index (χ0n) is 17.5. The fourth-order valence-electron chi connectivity index (χ4n) is 3.85. The maximum absolute atomic E-state index is 12.8. The van der Waals surface area contributed by atoms with Gasteiger partial charge in [-0.2, -0.15) is 5.10 Å². The minimum Gasteiger partial charge on any atom is -0.465 e. The highest BCUT2D eigenvalue weighted by atomic mass is 32.1. The summed E-state index contributed by atoms with van der Waals surface area (Å²) < 4.78 is 6.76. The van der Waals surface area contributed by atoms with Crippen molar-refractivity contribution in [1.29, 1.82) is 0 Å². The van der Waals surface area contributed by atoms with Crippen molar-refractivity contribution in [2.75, 3.05) is 12.4 Å². The highest BCUT2D eigenvalue weighted by molar-refractivity contribution is 7.17. The third-order valence-corrected chi connectivity index (χ3v) is 6.30. The molecule has 0 fully saturated rings. The van der Waals surface area contributed by atoms with E-state index in [1.165, 1.54) is 18.4 Å². The van der Waals surface area contributed by atoms with Crippen LogP contribution in [0.15, 0.2) is 12.3 Å². The Labute approximate surface area is 169 Å². The van der Waals surface area contributed by atoms with Crippen molar-refractivity contribution in [3.8, 4) is 0 Å². The van der Waals surface area contributed by atoms with Crippen LogP contribution in [0.3, 0.4) is 0 Å². The Morgan fingerprint density at radius 3 is 2.57 bits per heavy atom. The van der Waals surface area contributed by atoms with Crippen LogP contribution >= 0.6 is 11.3 Å². The highest BCUT2D eigenvalue weighted by Crippen LogP contribution is 2.45. The van der Waals surface area contributed by atoms with Gasteiger partial charge in [0.05, 0.1) is 12.7 Å². The van der Waals surface area contributed by atoms with Crippen LogP contribution in [0.1, 0.15) is 78.9 Å². The van der Waals surface area contributed by atoms with Gasteiger partial charge in [0.15, 0.2) is 5.69 Å². The lowest BCUT2D eigenvalue weighted by Gasteiger charge is -2.42. The summed E-state index contributed by atoms with van der Waals surface area (Å²) in [6, 6.07) is 1.84. The third-order valence-electron chi connectivity index (χ3n) is 4.83. The number of hydrogen-bond donors (Lipinski definition) is 2. The molecule has 2 N–H and O–H groups in total. The molecule has 152 valence electrons. The molecule has 0 saturated heterocycles. The first-order valence-corrected chi connectivity index (χ1v) is 10.2. The standard InChI is InChI=1S/C20H28N4O3S/c1-11(2)24-9-8-13(22-24)16(25)21-17-14(18(26)27-7)12-10-19(3,4)23-20(5,6)15(12)28-17/h8-9,11,23H,10H2,1-7H3,(H,21,25). The van der Waals surface area contributed by atoms with Crippen LogP contribution in [0, 0.1) is 0 Å². The predicted molar refractivity (Wildman–Crippen MR) is 110 cm³/mol. The molecule has 0 aliphatic carbocycles. The summed E-state index contributed by atoms with van der Waals surface area (Å²) in [5.41, 5.74) is 1.19. The molecule has 0 unspecified atom stereocenters. The number of amides is 1. The molecule has 0 radical (unpaired) electrons. The fraction of sp³-hybridized carbons (Fsp3) is 0.550. The molecular weight excluding hydrogens is 376 g/mol. The molecule has 1 amide bonds. The van der Waals surface area contributed by atoms with Crippen LogP contribution < -0.4 is 10.6 Å². The Kier molecular flexibility index (Phi) is 5.14. The molecule has 1 aliphatic heterocycles. The molecule has 28 heavy (non-hydrogen) atoms. The number of methoxy groups -OCH3 is 1. The Balaban J connectivity index is 2.02. The van der Waals surface area contributed by atoms with Gasteiger partial charge < -0.3 is 15.4 Å². The van der Waals surface area contributed by atoms with E-state index in [-0.39, 0.29) is 23.0 Å². The Morgan fingerprint density at radius 2 is 2.00 bits per heavy atom. The number of carbonyl (C=O) groups excluding carboxylic acids is 2. The van der Waals surface area contributed by atoms with Gasteiger partial charge >= 0.3 is 5.97 Å². The summed E-state index contributed by atoms with van der Waals surface area (Å²) in [6.07, 6.45) is 2.44. The fourth-order valence-corrected chi connectivity index (χ4v) is 5.11. The lowest BCUT2D eigenvalue weighted by molar-refractivity contribution is 0.0600. The van der Waals surface area contributed by atoms with E-state index in [9.17, 15) is 9.59 Å². The maximum Gasteiger partial charge on any atom is 0.341 e. The van der Waals surface area contributed by atoms with Gasteiger partial charge in [-0.1, -0.05) is 0 Å². The van der Waals surface area contributed by atoms with Crippen molar-refractivity contribution in [2.24, 2.45) is 0 Å². The van der Waals surface area contributed by atoms with E-state index in [0.717, 1.165) is 10.4 Å². The lowest BCUT2D eigenvalue weighted by atomic mass is 9.81. The van der Waals surface area contributed by atoms with Gasteiger partial charge in [-0.3, -0.25) is 9.48 Å². The number of nitrogens with zero attached hydrogens (tertiary/aromatic N) is 2. The number of ether oxygens (including phenoxy) is 1. The maximum atomic E-state index is 12.8. The molecule has 1 aliphatic rings. The number of aromatic nitrogens is 2. The smallest absolute Gasteiger partial charge is 0.341 e. The van der Waals surface area contributed by atoms with Crippen LogP contribution in [0.2, 0.25) is 0 Å². The molecule has 8 heteroatoms. The first-order chi connectivity index (χ1) is 12.9. The Hall–Kier alpha value is -2.19. The van der Waals surface area contributed by atoms with Gasteiger partial charge in [-0.25, -0.2) is 4.79 Å². The number of nitrogens with one attached hydrogen (secondary N) is 2.